The van der Waals surface area contributed by atoms with Gasteiger partial charge in [-0.25, -0.2) is 18.4 Å². The molecule has 208 valence electrons. The van der Waals surface area contributed by atoms with E-state index in [0.717, 1.165) is 43.6 Å². The number of halogens is 2. The number of nitrogen functional groups attached to an aromatic ring is 1. The molecule has 2 fully saturated rings. The SMILES string of the molecule is Nc1ccc(N2CCN(c3ccc(OCC4OCC(Cn5cncn5)(c5ccc(F)cc5F)O4)cc3)CC2)cc1. The number of hydrogen-bond donors (Lipinski definition) is 1. The molecule has 9 nitrogen and oxygen atoms in total. The van der Waals surface area contributed by atoms with Gasteiger partial charge in [0.1, 0.15) is 42.2 Å². The van der Waals surface area contributed by atoms with Gasteiger partial charge in [-0.05, 0) is 54.6 Å². The van der Waals surface area contributed by atoms with Crippen molar-refractivity contribution >= 4 is 17.1 Å². The molecule has 2 saturated heterocycles. The summed E-state index contributed by atoms with van der Waals surface area (Å²) in [5.41, 5.74) is 7.86. The van der Waals surface area contributed by atoms with Gasteiger partial charge in [-0.15, -0.1) is 0 Å². The van der Waals surface area contributed by atoms with Crippen molar-refractivity contribution < 1.29 is 23.0 Å². The molecule has 11 heteroatoms. The minimum absolute atomic E-state index is 0.0464. The van der Waals surface area contributed by atoms with Crippen LogP contribution in [0.5, 0.6) is 5.75 Å². The molecule has 2 atom stereocenters. The molecule has 40 heavy (non-hydrogen) atoms. The van der Waals surface area contributed by atoms with Gasteiger partial charge in [-0.1, -0.05) is 6.07 Å². The predicted molar refractivity (Wildman–Crippen MR) is 146 cm³/mol. The number of benzene rings is 3. The van der Waals surface area contributed by atoms with Gasteiger partial charge in [-0.2, -0.15) is 5.10 Å². The summed E-state index contributed by atoms with van der Waals surface area (Å²) in [4.78, 5) is 8.65. The number of nitrogens with zero attached hydrogens (tertiary/aromatic N) is 5. The van der Waals surface area contributed by atoms with Crippen LogP contribution in [-0.2, 0) is 21.6 Å². The molecule has 0 saturated carbocycles. The molecule has 4 aromatic rings. The van der Waals surface area contributed by atoms with E-state index in [9.17, 15) is 8.78 Å². The molecule has 2 N–H and O–H groups in total. The molecular weight excluding hydrogens is 518 g/mol. The van der Waals surface area contributed by atoms with Gasteiger partial charge in [-0.3, -0.25) is 0 Å². The molecule has 3 heterocycles. The topological polar surface area (TPSA) is 90.9 Å². The van der Waals surface area contributed by atoms with Crippen molar-refractivity contribution in [3.05, 3.63) is 96.6 Å². The molecule has 0 spiro atoms. The van der Waals surface area contributed by atoms with Crippen molar-refractivity contribution in [1.29, 1.82) is 0 Å². The molecule has 0 aliphatic carbocycles. The van der Waals surface area contributed by atoms with Crippen LogP contribution in [0.4, 0.5) is 25.8 Å². The minimum atomic E-state index is -1.21. The van der Waals surface area contributed by atoms with E-state index in [1.807, 2.05) is 36.4 Å². The first-order valence-electron chi connectivity index (χ1n) is 13.1. The van der Waals surface area contributed by atoms with Gasteiger partial charge in [0.05, 0.1) is 13.2 Å². The van der Waals surface area contributed by atoms with Crippen LogP contribution in [0.3, 0.4) is 0 Å². The highest BCUT2D eigenvalue weighted by atomic mass is 19.1. The van der Waals surface area contributed by atoms with Crippen molar-refractivity contribution in [2.24, 2.45) is 0 Å². The molecule has 1 aromatic heterocycles. The number of anilines is 3. The molecule has 0 radical (unpaired) electrons. The Hall–Kier alpha value is -4.22. The average Bonchev–Trinajstić information content (AvgIpc) is 3.63. The fourth-order valence-electron chi connectivity index (χ4n) is 5.20. The Bertz CT molecular complexity index is 1410. The van der Waals surface area contributed by atoms with E-state index in [4.69, 9.17) is 19.9 Å². The van der Waals surface area contributed by atoms with Crippen molar-refractivity contribution in [2.75, 3.05) is 54.9 Å². The number of ether oxygens (including phenoxy) is 3. The monoisotopic (exact) mass is 548 g/mol. The summed E-state index contributed by atoms with van der Waals surface area (Å²) in [6, 6.07) is 19.3. The summed E-state index contributed by atoms with van der Waals surface area (Å²) in [7, 11) is 0. The summed E-state index contributed by atoms with van der Waals surface area (Å²) < 4.78 is 48.0. The Morgan fingerprint density at radius 2 is 1.60 bits per heavy atom. The molecule has 2 aliphatic heterocycles. The van der Waals surface area contributed by atoms with Crippen LogP contribution in [0.25, 0.3) is 0 Å². The van der Waals surface area contributed by atoms with E-state index < -0.39 is 23.5 Å². The first kappa shape index (κ1) is 26.0. The Labute approximate surface area is 230 Å². The highest BCUT2D eigenvalue weighted by Crippen LogP contribution is 2.37. The van der Waals surface area contributed by atoms with Crippen LogP contribution in [-0.4, -0.2) is 60.4 Å². The van der Waals surface area contributed by atoms with Crippen molar-refractivity contribution in [3.8, 4) is 5.75 Å². The van der Waals surface area contributed by atoms with Crippen LogP contribution in [0.15, 0.2) is 79.4 Å². The summed E-state index contributed by atoms with van der Waals surface area (Å²) >= 11 is 0. The minimum Gasteiger partial charge on any atom is -0.488 e. The second-order valence-corrected chi connectivity index (χ2v) is 9.94. The molecule has 0 bridgehead atoms. The van der Waals surface area contributed by atoms with E-state index in [-0.39, 0.29) is 25.3 Å². The van der Waals surface area contributed by atoms with Crippen LogP contribution in [0, 0.1) is 11.6 Å². The van der Waals surface area contributed by atoms with Gasteiger partial charge >= 0.3 is 0 Å². The highest BCUT2D eigenvalue weighted by molar-refractivity contribution is 5.55. The predicted octanol–water partition coefficient (Wildman–Crippen LogP) is 3.81. The maximum atomic E-state index is 14.8. The van der Waals surface area contributed by atoms with Gasteiger partial charge in [0.15, 0.2) is 6.29 Å². The lowest BCUT2D eigenvalue weighted by molar-refractivity contribution is -0.117. The standard InChI is InChI=1S/C29H30F2N6O3/c30-21-1-10-26(27(31)15-21)29(17-37-20-33-19-34-37)18-39-28(40-29)16-38-25-8-6-24(7-9-25)36-13-11-35(12-14-36)23-4-2-22(32)3-5-23/h1-10,15,19-20,28H,11-14,16-18,32H2. The van der Waals surface area contributed by atoms with E-state index in [1.54, 1.807) is 0 Å². The highest BCUT2D eigenvalue weighted by Gasteiger charge is 2.45. The maximum absolute atomic E-state index is 14.8. The molecule has 2 unspecified atom stereocenters. The molecule has 6 rings (SSSR count). The first-order chi connectivity index (χ1) is 19.5. The Morgan fingerprint density at radius 3 is 2.23 bits per heavy atom. The molecule has 0 amide bonds. The average molecular weight is 549 g/mol. The number of hydrogen-bond acceptors (Lipinski definition) is 8. The third-order valence-corrected chi connectivity index (χ3v) is 7.29. The fourth-order valence-corrected chi connectivity index (χ4v) is 5.20. The molecule has 3 aromatic carbocycles. The number of piperazine rings is 1. The zero-order valence-corrected chi connectivity index (χ0v) is 21.8. The van der Waals surface area contributed by atoms with Gasteiger partial charge < -0.3 is 29.7 Å². The van der Waals surface area contributed by atoms with Gasteiger partial charge in [0.25, 0.3) is 0 Å². The van der Waals surface area contributed by atoms with Crippen molar-refractivity contribution in [3.63, 3.8) is 0 Å². The second kappa shape index (κ2) is 11.1. The Balaban J connectivity index is 1.06. The lowest BCUT2D eigenvalue weighted by Crippen LogP contribution is -2.46. The largest absolute Gasteiger partial charge is 0.488 e. The van der Waals surface area contributed by atoms with Crippen molar-refractivity contribution in [2.45, 2.75) is 18.4 Å². The van der Waals surface area contributed by atoms with Gasteiger partial charge in [0, 0.05) is 54.9 Å². The number of rotatable bonds is 8. The van der Waals surface area contributed by atoms with Crippen LogP contribution < -0.4 is 20.3 Å². The van der Waals surface area contributed by atoms with E-state index in [2.05, 4.69) is 32.0 Å². The summed E-state index contributed by atoms with van der Waals surface area (Å²) in [6.07, 6.45) is 2.14. The maximum Gasteiger partial charge on any atom is 0.193 e. The second-order valence-electron chi connectivity index (χ2n) is 9.94. The zero-order valence-electron chi connectivity index (χ0n) is 21.8. The lowest BCUT2D eigenvalue weighted by atomic mass is 9.94. The number of nitrogens with two attached hydrogens (primary N) is 1. The van der Waals surface area contributed by atoms with Crippen LogP contribution >= 0.6 is 0 Å². The van der Waals surface area contributed by atoms with E-state index >= 15 is 0 Å². The lowest BCUT2D eigenvalue weighted by Gasteiger charge is -2.37. The summed E-state index contributed by atoms with van der Waals surface area (Å²) in [5.74, 6) is -0.712. The quantitative estimate of drug-likeness (QED) is 0.333. The normalized spacial score (nSPS) is 21.1. The summed E-state index contributed by atoms with van der Waals surface area (Å²) in [5, 5.41) is 4.12. The van der Waals surface area contributed by atoms with E-state index in [0.29, 0.717) is 5.75 Å². The first-order valence-corrected chi connectivity index (χ1v) is 13.1. The Kier molecular flexibility index (Phi) is 7.23. The third-order valence-electron chi connectivity index (χ3n) is 7.29. The van der Waals surface area contributed by atoms with Crippen molar-refractivity contribution in [1.82, 2.24) is 14.8 Å². The van der Waals surface area contributed by atoms with Crippen LogP contribution in [0.2, 0.25) is 0 Å². The van der Waals surface area contributed by atoms with Crippen LogP contribution in [0.1, 0.15) is 5.56 Å². The summed E-state index contributed by atoms with van der Waals surface area (Å²) in [6.45, 7) is 3.94. The Morgan fingerprint density at radius 1 is 0.925 bits per heavy atom. The molecular formula is C29H30F2N6O3. The van der Waals surface area contributed by atoms with E-state index in [1.165, 1.54) is 35.2 Å². The fraction of sp³-hybridized carbons (Fsp3) is 0.310. The third kappa shape index (κ3) is 5.56. The van der Waals surface area contributed by atoms with Gasteiger partial charge in [0.2, 0.25) is 0 Å². The smallest absolute Gasteiger partial charge is 0.193 e. The zero-order chi connectivity index (χ0) is 27.5. The molecule has 2 aliphatic rings. The number of aromatic nitrogens is 3.